The van der Waals surface area contributed by atoms with E-state index in [1.807, 2.05) is 0 Å². The average molecular weight is 223 g/mol. The minimum atomic E-state index is -0.249. The lowest BCUT2D eigenvalue weighted by atomic mass is 9.91. The number of nitrogens with zero attached hydrogens (tertiary/aromatic N) is 2. The van der Waals surface area contributed by atoms with Gasteiger partial charge in [-0.3, -0.25) is 5.32 Å². The molecule has 1 fully saturated rings. The molecule has 16 heavy (non-hydrogen) atoms. The zero-order valence-corrected chi connectivity index (χ0v) is 10.9. The van der Waals surface area contributed by atoms with Crippen LogP contribution in [0.3, 0.4) is 0 Å². The summed E-state index contributed by atoms with van der Waals surface area (Å²) in [4.78, 5) is 2.15. The fourth-order valence-electron chi connectivity index (χ4n) is 2.36. The third-order valence-electron chi connectivity index (χ3n) is 3.60. The molecule has 0 aromatic heterocycles. The van der Waals surface area contributed by atoms with Crippen molar-refractivity contribution in [2.75, 3.05) is 27.2 Å². The van der Waals surface area contributed by atoms with Gasteiger partial charge < -0.3 is 4.90 Å². The first-order valence-corrected chi connectivity index (χ1v) is 6.39. The topological polar surface area (TPSA) is 39.1 Å². The second-order valence-electron chi connectivity index (χ2n) is 5.46. The van der Waals surface area contributed by atoms with Crippen LogP contribution in [-0.4, -0.2) is 37.6 Å². The fourth-order valence-corrected chi connectivity index (χ4v) is 2.36. The maximum Gasteiger partial charge on any atom is 0.106 e. The van der Waals surface area contributed by atoms with Gasteiger partial charge in [-0.05, 0) is 39.3 Å². The van der Waals surface area contributed by atoms with Crippen LogP contribution in [0.4, 0.5) is 0 Å². The van der Waals surface area contributed by atoms with Crippen LogP contribution in [-0.2, 0) is 0 Å². The van der Waals surface area contributed by atoms with E-state index in [4.69, 9.17) is 0 Å². The molecule has 0 saturated heterocycles. The lowest BCUT2D eigenvalue weighted by Gasteiger charge is -2.27. The van der Waals surface area contributed by atoms with E-state index in [0.29, 0.717) is 0 Å². The number of rotatable bonds is 4. The van der Waals surface area contributed by atoms with Crippen molar-refractivity contribution in [3.63, 3.8) is 0 Å². The molecule has 0 heterocycles. The van der Waals surface area contributed by atoms with E-state index in [1.165, 1.54) is 19.3 Å². The summed E-state index contributed by atoms with van der Waals surface area (Å²) in [7, 11) is 4.13. The second-order valence-corrected chi connectivity index (χ2v) is 5.46. The lowest BCUT2D eigenvalue weighted by molar-refractivity contribution is 0.325. The molecular formula is C13H25N3. The summed E-state index contributed by atoms with van der Waals surface area (Å²) in [6, 6.07) is 2.52. The molecule has 0 spiro atoms. The molecule has 2 atom stereocenters. The van der Waals surface area contributed by atoms with E-state index in [2.05, 4.69) is 37.3 Å². The van der Waals surface area contributed by atoms with Gasteiger partial charge >= 0.3 is 0 Å². The Morgan fingerprint density at radius 1 is 1.38 bits per heavy atom. The first-order chi connectivity index (χ1) is 7.58. The molecule has 0 amide bonds. The molecule has 1 N–H and O–H groups in total. The van der Waals surface area contributed by atoms with E-state index >= 15 is 0 Å². The monoisotopic (exact) mass is 223 g/mol. The summed E-state index contributed by atoms with van der Waals surface area (Å²) in [6.07, 6.45) is 5.67. The van der Waals surface area contributed by atoms with Crippen LogP contribution >= 0.6 is 0 Å². The van der Waals surface area contributed by atoms with Crippen LogP contribution in [0.1, 0.15) is 39.0 Å². The van der Waals surface area contributed by atoms with Crippen molar-refractivity contribution in [3.05, 3.63) is 0 Å². The molecule has 92 valence electrons. The van der Waals surface area contributed by atoms with Gasteiger partial charge in [0.1, 0.15) is 5.54 Å². The molecule has 1 aliphatic rings. The van der Waals surface area contributed by atoms with E-state index in [1.54, 1.807) is 0 Å². The highest BCUT2D eigenvalue weighted by Gasteiger charge is 2.31. The molecule has 0 radical (unpaired) electrons. The maximum atomic E-state index is 9.39. The Morgan fingerprint density at radius 2 is 2.12 bits per heavy atom. The molecule has 0 aliphatic heterocycles. The van der Waals surface area contributed by atoms with E-state index in [-0.39, 0.29) is 5.54 Å². The maximum absolute atomic E-state index is 9.39. The zero-order valence-electron chi connectivity index (χ0n) is 10.9. The van der Waals surface area contributed by atoms with Crippen LogP contribution in [0.2, 0.25) is 0 Å². The van der Waals surface area contributed by atoms with Gasteiger partial charge in [-0.15, -0.1) is 0 Å². The molecular weight excluding hydrogens is 198 g/mol. The van der Waals surface area contributed by atoms with Crippen LogP contribution < -0.4 is 5.32 Å². The minimum Gasteiger partial charge on any atom is -0.308 e. The van der Waals surface area contributed by atoms with Gasteiger partial charge in [-0.2, -0.15) is 5.26 Å². The third kappa shape index (κ3) is 4.11. The largest absolute Gasteiger partial charge is 0.308 e. The van der Waals surface area contributed by atoms with Crippen molar-refractivity contribution in [2.24, 2.45) is 5.92 Å². The first kappa shape index (κ1) is 13.5. The van der Waals surface area contributed by atoms with Crippen molar-refractivity contribution >= 4 is 0 Å². The fraction of sp³-hybridized carbons (Fsp3) is 0.923. The highest BCUT2D eigenvalue weighted by atomic mass is 15.1. The van der Waals surface area contributed by atoms with Gasteiger partial charge in [0.2, 0.25) is 0 Å². The molecule has 0 bridgehead atoms. The Hall–Kier alpha value is -0.590. The highest BCUT2D eigenvalue weighted by Crippen LogP contribution is 2.29. The van der Waals surface area contributed by atoms with Crippen LogP contribution in [0.25, 0.3) is 0 Å². The molecule has 0 aromatic carbocycles. The summed E-state index contributed by atoms with van der Waals surface area (Å²) >= 11 is 0. The molecule has 3 nitrogen and oxygen atoms in total. The van der Waals surface area contributed by atoms with Crippen LogP contribution in [0.5, 0.6) is 0 Å². The van der Waals surface area contributed by atoms with Crippen LogP contribution in [0.15, 0.2) is 0 Å². The van der Waals surface area contributed by atoms with Crippen LogP contribution in [0, 0.1) is 17.2 Å². The zero-order chi connectivity index (χ0) is 12.0. The van der Waals surface area contributed by atoms with Gasteiger partial charge in [0.05, 0.1) is 6.07 Å². The van der Waals surface area contributed by atoms with Gasteiger partial charge in [-0.1, -0.05) is 19.8 Å². The third-order valence-corrected chi connectivity index (χ3v) is 3.60. The Morgan fingerprint density at radius 3 is 2.75 bits per heavy atom. The van der Waals surface area contributed by atoms with Gasteiger partial charge in [0.25, 0.3) is 0 Å². The summed E-state index contributed by atoms with van der Waals surface area (Å²) in [5, 5.41) is 12.9. The lowest BCUT2D eigenvalue weighted by Crippen LogP contribution is -2.46. The Labute approximate surface area is 99.8 Å². The standard InChI is InChI=1S/C13H25N3/c1-12-5-4-7-13(11-14,8-6-12)15-9-10-16(2)3/h12,15H,4-10H2,1-3H3. The van der Waals surface area contributed by atoms with Gasteiger partial charge in [-0.25, -0.2) is 0 Å². The molecule has 0 aromatic rings. The quantitative estimate of drug-likeness (QED) is 0.741. The summed E-state index contributed by atoms with van der Waals surface area (Å²) in [5.74, 6) is 0.783. The number of hydrogen-bond donors (Lipinski definition) is 1. The number of nitriles is 1. The van der Waals surface area contributed by atoms with E-state index in [9.17, 15) is 5.26 Å². The van der Waals surface area contributed by atoms with Crippen molar-refractivity contribution in [2.45, 2.75) is 44.6 Å². The summed E-state index contributed by atoms with van der Waals surface area (Å²) in [5.41, 5.74) is -0.249. The number of likely N-dealkylation sites (N-methyl/N-ethyl adjacent to an activating group) is 1. The summed E-state index contributed by atoms with van der Waals surface area (Å²) < 4.78 is 0. The normalized spacial score (nSPS) is 31.1. The smallest absolute Gasteiger partial charge is 0.106 e. The predicted octanol–water partition coefficient (Wildman–Crippen LogP) is 2.00. The molecule has 3 heteroatoms. The van der Waals surface area contributed by atoms with Gasteiger partial charge in [0.15, 0.2) is 0 Å². The average Bonchev–Trinajstić information content (AvgIpc) is 2.41. The van der Waals surface area contributed by atoms with E-state index in [0.717, 1.165) is 31.8 Å². The molecule has 1 rings (SSSR count). The number of hydrogen-bond acceptors (Lipinski definition) is 3. The number of nitrogens with one attached hydrogen (secondary N) is 1. The second kappa shape index (κ2) is 6.22. The minimum absolute atomic E-state index is 0.249. The van der Waals surface area contributed by atoms with Crippen molar-refractivity contribution in [1.82, 2.24) is 10.2 Å². The first-order valence-electron chi connectivity index (χ1n) is 6.39. The van der Waals surface area contributed by atoms with Gasteiger partial charge in [0, 0.05) is 13.1 Å². The molecule has 2 unspecified atom stereocenters. The molecule has 1 saturated carbocycles. The Bertz CT molecular complexity index is 244. The highest BCUT2D eigenvalue weighted by molar-refractivity contribution is 5.08. The van der Waals surface area contributed by atoms with Crippen molar-refractivity contribution < 1.29 is 0 Å². The van der Waals surface area contributed by atoms with E-state index < -0.39 is 0 Å². The Balaban J connectivity index is 2.46. The SMILES string of the molecule is CC1CCCC(C#N)(NCCN(C)C)CC1. The van der Waals surface area contributed by atoms with Crippen molar-refractivity contribution in [3.8, 4) is 6.07 Å². The van der Waals surface area contributed by atoms with Crippen molar-refractivity contribution in [1.29, 1.82) is 5.26 Å². The predicted molar refractivity (Wildman–Crippen MR) is 67.1 cm³/mol. The Kier molecular flexibility index (Phi) is 5.24. The summed E-state index contributed by atoms with van der Waals surface area (Å²) in [6.45, 7) is 4.21. The molecule has 1 aliphatic carbocycles.